The smallest absolute Gasteiger partial charge is 0.344 e. The fraction of sp³-hybridized carbons (Fsp3) is 0.263. The summed E-state index contributed by atoms with van der Waals surface area (Å²) in [5, 5.41) is 2.62. The van der Waals surface area contributed by atoms with E-state index in [0.29, 0.717) is 17.9 Å². The quantitative estimate of drug-likeness (QED) is 0.605. The molecule has 1 amide bonds. The van der Waals surface area contributed by atoms with Gasteiger partial charge in [-0.3, -0.25) is 9.59 Å². The third-order valence-corrected chi connectivity index (χ3v) is 3.46. The number of nitrogens with one attached hydrogen (secondary N) is 1. The van der Waals surface area contributed by atoms with Gasteiger partial charge in [0.25, 0.3) is 5.91 Å². The van der Waals surface area contributed by atoms with Crippen LogP contribution in [0, 0.1) is 0 Å². The lowest BCUT2D eigenvalue weighted by Crippen LogP contribution is -2.30. The number of amides is 1. The van der Waals surface area contributed by atoms with Gasteiger partial charge >= 0.3 is 5.97 Å². The van der Waals surface area contributed by atoms with Crippen molar-refractivity contribution >= 4 is 23.3 Å². The summed E-state index contributed by atoms with van der Waals surface area (Å²) in [6.45, 7) is 5.02. The van der Waals surface area contributed by atoms with Gasteiger partial charge in [-0.15, -0.1) is 0 Å². The molecule has 0 aliphatic carbocycles. The molecular formula is C19H20N2O5. The van der Waals surface area contributed by atoms with E-state index < -0.39 is 18.0 Å². The first kappa shape index (κ1) is 19.1. The predicted molar refractivity (Wildman–Crippen MR) is 95.4 cm³/mol. The maximum atomic E-state index is 12.3. The topological polar surface area (TPSA) is 94.6 Å². The number of ether oxygens (including phenoxy) is 2. The molecule has 0 fully saturated rings. The van der Waals surface area contributed by atoms with E-state index in [2.05, 4.69) is 10.3 Å². The average molecular weight is 356 g/mol. The molecule has 136 valence electrons. The zero-order valence-corrected chi connectivity index (χ0v) is 14.8. The molecule has 1 aromatic carbocycles. The Morgan fingerprint density at radius 3 is 2.65 bits per heavy atom. The van der Waals surface area contributed by atoms with Crippen molar-refractivity contribution in [1.29, 1.82) is 0 Å². The first-order valence-corrected chi connectivity index (χ1v) is 8.13. The van der Waals surface area contributed by atoms with Crippen LogP contribution in [0.5, 0.6) is 5.88 Å². The van der Waals surface area contributed by atoms with E-state index >= 15 is 0 Å². The summed E-state index contributed by atoms with van der Waals surface area (Å²) in [7, 11) is 0. The van der Waals surface area contributed by atoms with Gasteiger partial charge in [-0.1, -0.05) is 12.1 Å². The normalized spacial score (nSPS) is 11.3. The molecule has 0 aliphatic heterocycles. The molecule has 0 bridgehead atoms. The van der Waals surface area contributed by atoms with Gasteiger partial charge in [0.1, 0.15) is 5.56 Å². The average Bonchev–Trinajstić information content (AvgIpc) is 2.62. The van der Waals surface area contributed by atoms with Crippen molar-refractivity contribution in [2.24, 2.45) is 0 Å². The van der Waals surface area contributed by atoms with Gasteiger partial charge in [-0.25, -0.2) is 9.78 Å². The Labute approximate surface area is 151 Å². The Balaban J connectivity index is 2.04. The number of aromatic nitrogens is 1. The molecule has 2 rings (SSSR count). The van der Waals surface area contributed by atoms with Gasteiger partial charge in [-0.05, 0) is 45.0 Å². The number of hydrogen-bond acceptors (Lipinski definition) is 6. The standard InChI is InChI=1S/C19H20N2O5/c1-4-25-18-16(9-6-10-20-18)19(24)26-13(3)17(23)21-15-8-5-7-14(11-15)12(2)22/h5-11,13H,4H2,1-3H3,(H,21,23). The van der Waals surface area contributed by atoms with Crippen LogP contribution in [0.15, 0.2) is 42.6 Å². The largest absolute Gasteiger partial charge is 0.477 e. The molecule has 0 radical (unpaired) electrons. The van der Waals surface area contributed by atoms with Crippen molar-refractivity contribution in [3.8, 4) is 5.88 Å². The molecule has 1 unspecified atom stereocenters. The number of anilines is 1. The summed E-state index contributed by atoms with van der Waals surface area (Å²) >= 11 is 0. The number of esters is 1. The molecular weight excluding hydrogens is 336 g/mol. The lowest BCUT2D eigenvalue weighted by molar-refractivity contribution is -0.123. The van der Waals surface area contributed by atoms with Gasteiger partial charge in [-0.2, -0.15) is 0 Å². The zero-order valence-electron chi connectivity index (χ0n) is 14.8. The first-order chi connectivity index (χ1) is 12.4. The molecule has 7 nitrogen and oxygen atoms in total. The maximum absolute atomic E-state index is 12.3. The third-order valence-electron chi connectivity index (χ3n) is 3.46. The zero-order chi connectivity index (χ0) is 19.1. The Morgan fingerprint density at radius 2 is 1.96 bits per heavy atom. The van der Waals surface area contributed by atoms with Gasteiger partial charge in [0.05, 0.1) is 6.61 Å². The van der Waals surface area contributed by atoms with Crippen LogP contribution in [-0.2, 0) is 9.53 Å². The minimum absolute atomic E-state index is 0.111. The summed E-state index contributed by atoms with van der Waals surface area (Å²) in [4.78, 5) is 39.9. The Hall–Kier alpha value is -3.22. The van der Waals surface area contributed by atoms with Gasteiger partial charge < -0.3 is 14.8 Å². The summed E-state index contributed by atoms with van der Waals surface area (Å²) in [6.07, 6.45) is 0.457. The second-order valence-electron chi connectivity index (χ2n) is 5.46. The summed E-state index contributed by atoms with van der Waals surface area (Å²) in [5.74, 6) is -1.18. The molecule has 0 saturated carbocycles. The van der Waals surface area contributed by atoms with Crippen molar-refractivity contribution in [2.75, 3.05) is 11.9 Å². The molecule has 1 atom stereocenters. The fourth-order valence-corrected chi connectivity index (χ4v) is 2.14. The van der Waals surface area contributed by atoms with Crippen LogP contribution in [0.1, 0.15) is 41.5 Å². The lowest BCUT2D eigenvalue weighted by Gasteiger charge is -2.15. The van der Waals surface area contributed by atoms with E-state index in [4.69, 9.17) is 9.47 Å². The number of carbonyl (C=O) groups is 3. The van der Waals surface area contributed by atoms with E-state index in [1.54, 1.807) is 37.3 Å². The second-order valence-corrected chi connectivity index (χ2v) is 5.46. The van der Waals surface area contributed by atoms with E-state index in [9.17, 15) is 14.4 Å². The van der Waals surface area contributed by atoms with E-state index in [1.165, 1.54) is 26.1 Å². The number of ketones is 1. The highest BCUT2D eigenvalue weighted by atomic mass is 16.5. The molecule has 1 heterocycles. The number of Topliss-reactive ketones (excluding diaryl/α,β-unsaturated/α-hetero) is 1. The number of benzene rings is 1. The van der Waals surface area contributed by atoms with Crippen LogP contribution in [0.3, 0.4) is 0 Å². The van der Waals surface area contributed by atoms with Crippen molar-refractivity contribution in [2.45, 2.75) is 26.9 Å². The minimum Gasteiger partial charge on any atom is -0.477 e. The highest BCUT2D eigenvalue weighted by molar-refractivity contribution is 5.99. The van der Waals surface area contributed by atoms with Crippen LogP contribution in [0.25, 0.3) is 0 Å². The van der Waals surface area contributed by atoms with Crippen molar-refractivity contribution < 1.29 is 23.9 Å². The molecule has 0 aliphatic rings. The molecule has 7 heteroatoms. The number of carbonyl (C=O) groups excluding carboxylic acids is 3. The van der Waals surface area contributed by atoms with Gasteiger partial charge in [0.2, 0.25) is 5.88 Å². The molecule has 1 N–H and O–H groups in total. The van der Waals surface area contributed by atoms with E-state index in [0.717, 1.165) is 0 Å². The van der Waals surface area contributed by atoms with Gasteiger partial charge in [0, 0.05) is 17.4 Å². The van der Waals surface area contributed by atoms with E-state index in [-0.39, 0.29) is 17.2 Å². The fourth-order valence-electron chi connectivity index (χ4n) is 2.14. The van der Waals surface area contributed by atoms with Crippen LogP contribution in [0.4, 0.5) is 5.69 Å². The summed E-state index contributed by atoms with van der Waals surface area (Å²) < 4.78 is 10.5. The molecule has 0 saturated heterocycles. The number of nitrogens with zero attached hydrogens (tertiary/aromatic N) is 1. The molecule has 2 aromatic rings. The van der Waals surface area contributed by atoms with Gasteiger partial charge in [0.15, 0.2) is 11.9 Å². The Bertz CT molecular complexity index is 819. The Kier molecular flexibility index (Phi) is 6.43. The number of rotatable bonds is 7. The Morgan fingerprint density at radius 1 is 1.19 bits per heavy atom. The molecule has 0 spiro atoms. The third kappa shape index (κ3) is 4.89. The van der Waals surface area contributed by atoms with Crippen molar-refractivity contribution in [3.63, 3.8) is 0 Å². The number of pyridine rings is 1. The molecule has 26 heavy (non-hydrogen) atoms. The first-order valence-electron chi connectivity index (χ1n) is 8.13. The lowest BCUT2D eigenvalue weighted by atomic mass is 10.1. The van der Waals surface area contributed by atoms with Crippen molar-refractivity contribution in [3.05, 3.63) is 53.7 Å². The predicted octanol–water partition coefficient (Wildman–Crippen LogP) is 2.87. The number of hydrogen-bond donors (Lipinski definition) is 1. The summed E-state index contributed by atoms with van der Waals surface area (Å²) in [6, 6.07) is 9.61. The second kappa shape index (κ2) is 8.75. The van der Waals surface area contributed by atoms with Crippen LogP contribution >= 0.6 is 0 Å². The minimum atomic E-state index is -1.04. The van der Waals surface area contributed by atoms with Crippen LogP contribution in [0.2, 0.25) is 0 Å². The molecule has 1 aromatic heterocycles. The van der Waals surface area contributed by atoms with Crippen molar-refractivity contribution in [1.82, 2.24) is 4.98 Å². The van der Waals surface area contributed by atoms with E-state index in [1.807, 2.05) is 0 Å². The highest BCUT2D eigenvalue weighted by Crippen LogP contribution is 2.17. The SMILES string of the molecule is CCOc1ncccc1C(=O)OC(C)C(=O)Nc1cccc(C(C)=O)c1. The monoisotopic (exact) mass is 356 g/mol. The van der Waals surface area contributed by atoms with Crippen LogP contribution in [-0.4, -0.2) is 35.4 Å². The summed E-state index contributed by atoms with van der Waals surface area (Å²) in [5.41, 5.74) is 1.07. The highest BCUT2D eigenvalue weighted by Gasteiger charge is 2.22. The maximum Gasteiger partial charge on any atom is 0.344 e. The van der Waals surface area contributed by atoms with Crippen LogP contribution < -0.4 is 10.1 Å².